The van der Waals surface area contributed by atoms with Gasteiger partial charge in [-0.15, -0.1) is 11.3 Å². The highest BCUT2D eigenvalue weighted by molar-refractivity contribution is 7.15. The zero-order valence-electron chi connectivity index (χ0n) is 9.24. The number of hydrogen-bond donors (Lipinski definition) is 0. The van der Waals surface area contributed by atoms with Crippen molar-refractivity contribution in [2.24, 2.45) is 0 Å². The maximum absolute atomic E-state index is 2.38. The number of thiophene rings is 1. The molecule has 1 nitrogen and oxygen atoms in total. The van der Waals surface area contributed by atoms with Gasteiger partial charge in [-0.25, -0.2) is 0 Å². The molecule has 76 valence electrons. The van der Waals surface area contributed by atoms with Crippen molar-refractivity contribution in [2.75, 3.05) is 0 Å². The van der Waals surface area contributed by atoms with Crippen molar-refractivity contribution in [1.29, 1.82) is 0 Å². The highest BCUT2D eigenvalue weighted by Gasteiger charge is 2.34. The molecule has 0 aliphatic carbocycles. The van der Waals surface area contributed by atoms with E-state index in [1.807, 2.05) is 11.3 Å². The lowest BCUT2D eigenvalue weighted by atomic mass is 10.1. The van der Waals surface area contributed by atoms with Gasteiger partial charge in [0.05, 0.1) is 0 Å². The summed E-state index contributed by atoms with van der Waals surface area (Å²) in [5.41, 5.74) is 4.20. The lowest BCUT2D eigenvalue weighted by Crippen LogP contribution is -2.36. The van der Waals surface area contributed by atoms with Crippen LogP contribution in [0, 0.1) is 13.8 Å². The average Bonchev–Trinajstić information content (AvgIpc) is 2.67. The van der Waals surface area contributed by atoms with E-state index in [0.29, 0.717) is 6.04 Å². The molecule has 0 saturated carbocycles. The molecule has 3 heterocycles. The molecule has 2 aromatic rings. The highest BCUT2D eigenvalue weighted by atomic mass is 32.1. The summed E-state index contributed by atoms with van der Waals surface area (Å²) in [4.78, 5) is 2.87. The Hall–Kier alpha value is -1.15. The van der Waals surface area contributed by atoms with Crippen molar-refractivity contribution in [3.63, 3.8) is 0 Å². The molecule has 0 aromatic carbocycles. The minimum Gasteiger partial charge on any atom is -0.191 e. The molecule has 0 fully saturated rings. The first kappa shape index (κ1) is 9.10. The molecule has 2 aromatic heterocycles. The second-order valence-electron chi connectivity index (χ2n) is 4.32. The molecule has 1 aliphatic heterocycles. The van der Waals surface area contributed by atoms with Crippen molar-refractivity contribution in [3.8, 4) is 10.6 Å². The van der Waals surface area contributed by atoms with Crippen LogP contribution >= 0.6 is 11.3 Å². The second-order valence-corrected chi connectivity index (χ2v) is 5.57. The van der Waals surface area contributed by atoms with Gasteiger partial charge in [0.15, 0.2) is 12.2 Å². The van der Waals surface area contributed by atoms with Gasteiger partial charge in [-0.3, -0.25) is 0 Å². The average molecular weight is 216 g/mol. The van der Waals surface area contributed by atoms with Gasteiger partial charge >= 0.3 is 0 Å². The number of nitrogens with zero attached hydrogens (tertiary/aromatic N) is 1. The van der Waals surface area contributed by atoms with Crippen LogP contribution in [0.1, 0.15) is 29.0 Å². The Kier molecular flexibility index (Phi) is 1.77. The summed E-state index contributed by atoms with van der Waals surface area (Å²) < 4.78 is 2.38. The topological polar surface area (TPSA) is 3.88 Å². The van der Waals surface area contributed by atoms with Gasteiger partial charge in [0.25, 0.3) is 0 Å². The van der Waals surface area contributed by atoms with E-state index in [0.717, 1.165) is 0 Å². The third-order valence-electron chi connectivity index (χ3n) is 3.11. The van der Waals surface area contributed by atoms with Crippen LogP contribution in [0.25, 0.3) is 10.6 Å². The quantitative estimate of drug-likeness (QED) is 0.595. The van der Waals surface area contributed by atoms with E-state index in [1.54, 1.807) is 0 Å². The fraction of sp³-hybridized carbons (Fsp3) is 0.308. The summed E-state index contributed by atoms with van der Waals surface area (Å²) in [6.45, 7) is 6.62. The molecule has 1 unspecified atom stereocenters. The van der Waals surface area contributed by atoms with Crippen LogP contribution in [0.15, 0.2) is 24.4 Å². The number of aromatic nitrogens is 1. The number of rotatable bonds is 0. The van der Waals surface area contributed by atoms with Crippen LogP contribution in [0.3, 0.4) is 0 Å². The Morgan fingerprint density at radius 1 is 1.27 bits per heavy atom. The molecule has 2 heteroatoms. The maximum atomic E-state index is 2.38. The summed E-state index contributed by atoms with van der Waals surface area (Å²) in [5, 5.41) is 0. The molecule has 0 bridgehead atoms. The van der Waals surface area contributed by atoms with Gasteiger partial charge in [0, 0.05) is 29.0 Å². The SMILES string of the molecule is Cc1ccc2[n+](c1)C(C)c1cc(C)sc1-2. The summed E-state index contributed by atoms with van der Waals surface area (Å²) in [5.74, 6) is 0. The van der Waals surface area contributed by atoms with Crippen LogP contribution in [0.4, 0.5) is 0 Å². The Balaban J connectivity index is 2.30. The molecule has 3 rings (SSSR count). The first-order valence-electron chi connectivity index (χ1n) is 5.29. The Morgan fingerprint density at radius 3 is 2.87 bits per heavy atom. The summed E-state index contributed by atoms with van der Waals surface area (Å²) >= 11 is 1.91. The van der Waals surface area contributed by atoms with Crippen molar-refractivity contribution in [1.82, 2.24) is 0 Å². The minimum atomic E-state index is 0.500. The lowest BCUT2D eigenvalue weighted by Gasteiger charge is -2.00. The smallest absolute Gasteiger partial charge is 0.191 e. The predicted octanol–water partition coefficient (Wildman–Crippen LogP) is 3.24. The van der Waals surface area contributed by atoms with Crippen molar-refractivity contribution in [2.45, 2.75) is 26.8 Å². The van der Waals surface area contributed by atoms with E-state index in [-0.39, 0.29) is 0 Å². The molecular weight excluding hydrogens is 202 g/mol. The van der Waals surface area contributed by atoms with E-state index < -0.39 is 0 Å². The Morgan fingerprint density at radius 2 is 2.07 bits per heavy atom. The first-order chi connectivity index (χ1) is 7.16. The summed E-state index contributed by atoms with van der Waals surface area (Å²) in [6, 6.07) is 7.27. The zero-order valence-corrected chi connectivity index (χ0v) is 10.1. The standard InChI is InChI=1S/C13H14NS/c1-8-4-5-12-13-11(6-9(2)15-13)10(3)14(12)7-8/h4-7,10H,1-3H3/q+1. The molecule has 1 aliphatic rings. The van der Waals surface area contributed by atoms with E-state index in [4.69, 9.17) is 0 Å². The van der Waals surface area contributed by atoms with Gasteiger partial charge in [0.1, 0.15) is 4.88 Å². The van der Waals surface area contributed by atoms with Gasteiger partial charge in [-0.1, -0.05) is 0 Å². The van der Waals surface area contributed by atoms with E-state index in [2.05, 4.69) is 49.7 Å². The van der Waals surface area contributed by atoms with Crippen LogP contribution < -0.4 is 4.57 Å². The Bertz CT molecular complexity index is 539. The van der Waals surface area contributed by atoms with Crippen molar-refractivity contribution < 1.29 is 4.57 Å². The van der Waals surface area contributed by atoms with Gasteiger partial charge < -0.3 is 0 Å². The van der Waals surface area contributed by atoms with Gasteiger partial charge in [-0.05, 0) is 26.0 Å². The molecule has 15 heavy (non-hydrogen) atoms. The van der Waals surface area contributed by atoms with Gasteiger partial charge in [-0.2, -0.15) is 4.57 Å². The first-order valence-corrected chi connectivity index (χ1v) is 6.11. The molecule has 0 amide bonds. The third kappa shape index (κ3) is 1.18. The molecule has 1 atom stereocenters. The van der Waals surface area contributed by atoms with Crippen molar-refractivity contribution in [3.05, 3.63) is 40.4 Å². The monoisotopic (exact) mass is 216 g/mol. The summed E-state index contributed by atoms with van der Waals surface area (Å²) in [6.07, 6.45) is 2.25. The minimum absolute atomic E-state index is 0.500. The third-order valence-corrected chi connectivity index (χ3v) is 4.20. The predicted molar refractivity (Wildman–Crippen MR) is 63.2 cm³/mol. The number of hydrogen-bond acceptors (Lipinski definition) is 1. The van der Waals surface area contributed by atoms with Crippen LogP contribution in [-0.4, -0.2) is 0 Å². The number of fused-ring (bicyclic) bond motifs is 3. The Labute approximate surface area is 94.0 Å². The van der Waals surface area contributed by atoms with Gasteiger partial charge in [0.2, 0.25) is 5.69 Å². The number of pyridine rings is 1. The van der Waals surface area contributed by atoms with E-state index in [9.17, 15) is 0 Å². The molecule has 0 N–H and O–H groups in total. The van der Waals surface area contributed by atoms with E-state index in [1.165, 1.54) is 26.6 Å². The fourth-order valence-electron chi connectivity index (χ4n) is 2.34. The molecule has 0 saturated heterocycles. The van der Waals surface area contributed by atoms with Crippen LogP contribution in [0.5, 0.6) is 0 Å². The molecular formula is C13H14NS+. The van der Waals surface area contributed by atoms with Crippen LogP contribution in [0.2, 0.25) is 0 Å². The maximum Gasteiger partial charge on any atom is 0.223 e. The fourth-order valence-corrected chi connectivity index (χ4v) is 3.47. The second kappa shape index (κ2) is 2.92. The zero-order chi connectivity index (χ0) is 10.6. The number of aryl methyl sites for hydroxylation is 2. The largest absolute Gasteiger partial charge is 0.223 e. The molecule has 0 spiro atoms. The summed E-state index contributed by atoms with van der Waals surface area (Å²) in [7, 11) is 0. The lowest BCUT2D eigenvalue weighted by molar-refractivity contribution is -0.694. The highest BCUT2D eigenvalue weighted by Crippen LogP contribution is 2.39. The van der Waals surface area contributed by atoms with Crippen molar-refractivity contribution >= 4 is 11.3 Å². The van der Waals surface area contributed by atoms with E-state index >= 15 is 0 Å². The molecule has 0 radical (unpaired) electrons. The normalized spacial score (nSPS) is 17.7. The van der Waals surface area contributed by atoms with Crippen LogP contribution in [-0.2, 0) is 0 Å².